The van der Waals surface area contributed by atoms with E-state index < -0.39 is 0 Å². The minimum Gasteiger partial charge on any atom is -0.245 e. The van der Waals surface area contributed by atoms with Gasteiger partial charge in [-0.05, 0) is 13.0 Å². The highest BCUT2D eigenvalue weighted by atomic mass is 14.8. The number of hydrogen-bond acceptors (Lipinski definition) is 2. The first kappa shape index (κ1) is 9.39. The maximum Gasteiger partial charge on any atom is 0.115 e. The van der Waals surface area contributed by atoms with Gasteiger partial charge in [-0.25, -0.2) is 9.97 Å². The highest BCUT2D eigenvalue weighted by molar-refractivity contribution is 4.99. The Balaban J connectivity index is 0.000000132. The molecule has 2 nitrogen and oxygen atoms in total. The fourth-order valence-corrected chi connectivity index (χ4v) is 0.742. The Morgan fingerprint density at radius 1 is 0.923 bits per heavy atom. The molecular formula is C11H12N2. The van der Waals surface area contributed by atoms with Gasteiger partial charge in [0.15, 0.2) is 0 Å². The summed E-state index contributed by atoms with van der Waals surface area (Å²) in [5.74, 6) is 0. The van der Waals surface area contributed by atoms with Gasteiger partial charge in [0, 0.05) is 11.9 Å². The standard InChI is InChI=1S/C6H6.C5H6N2/c1-2-4-6-5-3-1;1-5-2-3-6-4-7-5/h1-6H;2-4H,1H3. The quantitative estimate of drug-likeness (QED) is 0.610. The van der Waals surface area contributed by atoms with Crippen LogP contribution in [-0.2, 0) is 0 Å². The summed E-state index contributed by atoms with van der Waals surface area (Å²) in [6, 6.07) is 13.9. The Hall–Kier alpha value is -1.70. The third-order valence-electron chi connectivity index (χ3n) is 1.40. The molecule has 0 fully saturated rings. The van der Waals surface area contributed by atoms with Crippen molar-refractivity contribution in [2.75, 3.05) is 0 Å². The van der Waals surface area contributed by atoms with E-state index in [0.717, 1.165) is 5.69 Å². The van der Waals surface area contributed by atoms with Crippen molar-refractivity contribution in [1.29, 1.82) is 0 Å². The molecule has 66 valence electrons. The van der Waals surface area contributed by atoms with E-state index in [1.807, 2.05) is 49.4 Å². The first-order valence-corrected chi connectivity index (χ1v) is 4.12. The molecule has 0 spiro atoms. The van der Waals surface area contributed by atoms with Crippen molar-refractivity contribution < 1.29 is 0 Å². The predicted octanol–water partition coefficient (Wildman–Crippen LogP) is 2.47. The van der Waals surface area contributed by atoms with Gasteiger partial charge in [-0.15, -0.1) is 0 Å². The van der Waals surface area contributed by atoms with Gasteiger partial charge in [0.05, 0.1) is 0 Å². The lowest BCUT2D eigenvalue weighted by molar-refractivity contribution is 1.10. The molecule has 0 N–H and O–H groups in total. The topological polar surface area (TPSA) is 25.8 Å². The Bertz CT molecular complexity index is 279. The largest absolute Gasteiger partial charge is 0.245 e. The molecule has 0 aliphatic rings. The van der Waals surface area contributed by atoms with Crippen LogP contribution in [0.3, 0.4) is 0 Å². The summed E-state index contributed by atoms with van der Waals surface area (Å²) in [6.45, 7) is 1.93. The Kier molecular flexibility index (Phi) is 4.25. The lowest BCUT2D eigenvalue weighted by Crippen LogP contribution is -1.77. The van der Waals surface area contributed by atoms with Crippen LogP contribution in [0.1, 0.15) is 5.69 Å². The van der Waals surface area contributed by atoms with Gasteiger partial charge in [-0.3, -0.25) is 0 Å². The molecule has 1 heterocycles. The average Bonchev–Trinajstić information content (AvgIpc) is 2.22. The zero-order valence-corrected chi connectivity index (χ0v) is 7.59. The van der Waals surface area contributed by atoms with Crippen LogP contribution in [-0.4, -0.2) is 9.97 Å². The number of aryl methyl sites for hydroxylation is 1. The zero-order valence-electron chi connectivity index (χ0n) is 7.59. The highest BCUT2D eigenvalue weighted by Crippen LogP contribution is 1.82. The van der Waals surface area contributed by atoms with Gasteiger partial charge >= 0.3 is 0 Å². The normalized spacial score (nSPS) is 8.38. The average molecular weight is 172 g/mol. The van der Waals surface area contributed by atoms with Crippen molar-refractivity contribution in [3.63, 3.8) is 0 Å². The molecule has 2 aromatic rings. The smallest absolute Gasteiger partial charge is 0.115 e. The summed E-state index contributed by atoms with van der Waals surface area (Å²) < 4.78 is 0. The molecule has 1 aromatic heterocycles. The van der Waals surface area contributed by atoms with Crippen LogP contribution in [0.4, 0.5) is 0 Å². The van der Waals surface area contributed by atoms with Crippen molar-refractivity contribution in [3.8, 4) is 0 Å². The molecule has 0 radical (unpaired) electrons. The molecule has 0 saturated heterocycles. The summed E-state index contributed by atoms with van der Waals surface area (Å²) >= 11 is 0. The lowest BCUT2D eigenvalue weighted by atomic mass is 10.4. The molecular weight excluding hydrogens is 160 g/mol. The fourth-order valence-electron chi connectivity index (χ4n) is 0.742. The van der Waals surface area contributed by atoms with E-state index in [1.54, 1.807) is 6.20 Å². The number of hydrogen-bond donors (Lipinski definition) is 0. The molecule has 0 amide bonds. The third-order valence-corrected chi connectivity index (χ3v) is 1.40. The molecule has 0 aliphatic heterocycles. The lowest BCUT2D eigenvalue weighted by Gasteiger charge is -1.81. The summed E-state index contributed by atoms with van der Waals surface area (Å²) in [7, 11) is 0. The van der Waals surface area contributed by atoms with Crippen molar-refractivity contribution in [3.05, 3.63) is 60.7 Å². The van der Waals surface area contributed by atoms with Gasteiger partial charge < -0.3 is 0 Å². The fraction of sp³-hybridized carbons (Fsp3) is 0.0909. The highest BCUT2D eigenvalue weighted by Gasteiger charge is 1.74. The molecule has 0 unspecified atom stereocenters. The molecule has 13 heavy (non-hydrogen) atoms. The van der Waals surface area contributed by atoms with Crippen molar-refractivity contribution >= 4 is 0 Å². The molecule has 1 aromatic carbocycles. The van der Waals surface area contributed by atoms with Gasteiger partial charge in [0.2, 0.25) is 0 Å². The second-order valence-electron chi connectivity index (χ2n) is 2.51. The molecule has 0 atom stereocenters. The molecule has 2 heteroatoms. The van der Waals surface area contributed by atoms with Crippen LogP contribution < -0.4 is 0 Å². The summed E-state index contributed by atoms with van der Waals surface area (Å²) in [4.78, 5) is 7.60. The van der Waals surface area contributed by atoms with Crippen molar-refractivity contribution in [1.82, 2.24) is 9.97 Å². The van der Waals surface area contributed by atoms with E-state index in [1.165, 1.54) is 6.33 Å². The van der Waals surface area contributed by atoms with E-state index in [2.05, 4.69) is 9.97 Å². The predicted molar refractivity (Wildman–Crippen MR) is 53.2 cm³/mol. The third kappa shape index (κ3) is 4.69. The molecule has 0 saturated carbocycles. The van der Waals surface area contributed by atoms with Crippen LogP contribution in [0.25, 0.3) is 0 Å². The summed E-state index contributed by atoms with van der Waals surface area (Å²) in [5, 5.41) is 0. The van der Waals surface area contributed by atoms with Crippen LogP contribution in [0.5, 0.6) is 0 Å². The van der Waals surface area contributed by atoms with Crippen LogP contribution in [0.2, 0.25) is 0 Å². The van der Waals surface area contributed by atoms with Crippen LogP contribution >= 0.6 is 0 Å². The number of nitrogens with zero attached hydrogens (tertiary/aromatic N) is 2. The van der Waals surface area contributed by atoms with Gasteiger partial charge in [0.25, 0.3) is 0 Å². The second-order valence-corrected chi connectivity index (χ2v) is 2.51. The van der Waals surface area contributed by atoms with E-state index in [-0.39, 0.29) is 0 Å². The summed E-state index contributed by atoms with van der Waals surface area (Å²) in [6.07, 6.45) is 3.26. The van der Waals surface area contributed by atoms with Crippen LogP contribution in [0, 0.1) is 6.92 Å². The maximum atomic E-state index is 3.87. The van der Waals surface area contributed by atoms with Gasteiger partial charge in [-0.2, -0.15) is 0 Å². The van der Waals surface area contributed by atoms with Crippen LogP contribution in [0.15, 0.2) is 55.0 Å². The van der Waals surface area contributed by atoms with E-state index >= 15 is 0 Å². The molecule has 0 aliphatic carbocycles. The first-order chi connectivity index (χ1) is 6.39. The number of rotatable bonds is 0. The van der Waals surface area contributed by atoms with Crippen molar-refractivity contribution in [2.24, 2.45) is 0 Å². The Morgan fingerprint density at radius 3 is 1.69 bits per heavy atom. The minimum atomic E-state index is 1.01. The van der Waals surface area contributed by atoms with E-state index in [4.69, 9.17) is 0 Å². The first-order valence-electron chi connectivity index (χ1n) is 4.12. The van der Waals surface area contributed by atoms with Crippen molar-refractivity contribution in [2.45, 2.75) is 6.92 Å². The Labute approximate surface area is 78.3 Å². The monoisotopic (exact) mass is 172 g/mol. The number of benzene rings is 1. The van der Waals surface area contributed by atoms with E-state index in [0.29, 0.717) is 0 Å². The number of aromatic nitrogens is 2. The Morgan fingerprint density at radius 2 is 1.46 bits per heavy atom. The zero-order chi connectivity index (χ0) is 9.36. The second kappa shape index (κ2) is 5.89. The van der Waals surface area contributed by atoms with E-state index in [9.17, 15) is 0 Å². The molecule has 0 bridgehead atoms. The maximum absolute atomic E-state index is 3.87. The summed E-state index contributed by atoms with van der Waals surface area (Å²) in [5.41, 5.74) is 1.01. The van der Waals surface area contributed by atoms with Gasteiger partial charge in [0.1, 0.15) is 6.33 Å². The minimum absolute atomic E-state index is 1.01. The SMILES string of the molecule is Cc1ccncn1.c1ccccc1. The molecule has 2 rings (SSSR count). The van der Waals surface area contributed by atoms with Gasteiger partial charge in [-0.1, -0.05) is 36.4 Å².